The molecule has 1 saturated heterocycles. The first kappa shape index (κ1) is 14.8. The molecule has 1 heterocycles. The maximum atomic E-state index is 5.88. The van der Waals surface area contributed by atoms with Gasteiger partial charge < -0.3 is 14.4 Å². The summed E-state index contributed by atoms with van der Waals surface area (Å²) in [6, 6.07) is 6.13. The highest BCUT2D eigenvalue weighted by Gasteiger charge is 2.25. The van der Waals surface area contributed by atoms with E-state index in [2.05, 4.69) is 42.8 Å². The number of halogens is 1. The first-order chi connectivity index (χ1) is 9.04. The third-order valence-corrected chi connectivity index (χ3v) is 3.96. The van der Waals surface area contributed by atoms with Crippen LogP contribution < -0.4 is 9.64 Å². The Hall–Kier alpha value is -0.580. The monoisotopic (exact) mass is 328 g/mol. The fourth-order valence-corrected chi connectivity index (χ4v) is 3.15. The molecule has 4 heteroatoms. The number of aryl methyl sites for hydroxylation is 1. The van der Waals surface area contributed by atoms with E-state index in [1.54, 1.807) is 4.90 Å². The molecule has 2 rings (SSSR count). The maximum absolute atomic E-state index is 5.88. The largest absolute Gasteiger partial charge is 0.487 e. The van der Waals surface area contributed by atoms with E-state index < -0.39 is 0 Å². The highest BCUT2D eigenvalue weighted by Crippen LogP contribution is 2.21. The van der Waals surface area contributed by atoms with E-state index in [9.17, 15) is 0 Å². The van der Waals surface area contributed by atoms with Gasteiger partial charge in [0.15, 0.2) is 0 Å². The van der Waals surface area contributed by atoms with Crippen LogP contribution >= 0.6 is 15.9 Å². The minimum atomic E-state index is 0.355. The number of hydrogen-bond donors (Lipinski definition) is 1. The van der Waals surface area contributed by atoms with Crippen molar-refractivity contribution in [2.45, 2.75) is 33.0 Å². The average molecular weight is 329 g/mol. The van der Waals surface area contributed by atoms with Crippen LogP contribution in [-0.2, 0) is 4.74 Å². The van der Waals surface area contributed by atoms with Gasteiger partial charge in [0.1, 0.15) is 44.2 Å². The molecule has 0 aromatic heterocycles. The lowest BCUT2D eigenvalue weighted by Gasteiger charge is -2.32. The van der Waals surface area contributed by atoms with Crippen LogP contribution in [0.4, 0.5) is 0 Å². The van der Waals surface area contributed by atoms with E-state index in [1.165, 1.54) is 5.56 Å². The smallest absolute Gasteiger partial charge is 0.137 e. The van der Waals surface area contributed by atoms with Gasteiger partial charge in [0.05, 0.1) is 0 Å². The number of nitrogens with one attached hydrogen (secondary N) is 1. The van der Waals surface area contributed by atoms with Gasteiger partial charge in [-0.15, -0.1) is 0 Å². The minimum absolute atomic E-state index is 0.355. The summed E-state index contributed by atoms with van der Waals surface area (Å²) in [5.41, 5.74) is 1.17. The van der Waals surface area contributed by atoms with E-state index in [4.69, 9.17) is 9.47 Å². The molecule has 1 aliphatic heterocycles. The van der Waals surface area contributed by atoms with E-state index in [0.717, 1.165) is 36.5 Å². The Kier molecular flexibility index (Phi) is 5.25. The molecule has 1 aromatic carbocycles. The van der Waals surface area contributed by atoms with Crippen molar-refractivity contribution in [3.05, 3.63) is 28.2 Å². The molecule has 1 aromatic rings. The Morgan fingerprint density at radius 3 is 2.63 bits per heavy atom. The van der Waals surface area contributed by atoms with Gasteiger partial charge in [0.25, 0.3) is 0 Å². The van der Waals surface area contributed by atoms with Gasteiger partial charge in [0, 0.05) is 4.47 Å². The molecule has 0 unspecified atom stereocenters. The van der Waals surface area contributed by atoms with Crippen molar-refractivity contribution in [2.24, 2.45) is 0 Å². The fourth-order valence-electron chi connectivity index (χ4n) is 2.67. The molecule has 0 spiro atoms. The summed E-state index contributed by atoms with van der Waals surface area (Å²) in [5, 5.41) is 0. The number of quaternary nitrogens is 1. The third kappa shape index (κ3) is 4.48. The van der Waals surface area contributed by atoms with Crippen LogP contribution in [0.3, 0.4) is 0 Å². The summed E-state index contributed by atoms with van der Waals surface area (Å²) in [6.45, 7) is 10.3. The van der Waals surface area contributed by atoms with Crippen molar-refractivity contribution in [2.75, 3.05) is 26.2 Å². The van der Waals surface area contributed by atoms with Gasteiger partial charge in [-0.25, -0.2) is 0 Å². The normalized spacial score (nSPS) is 27.3. The predicted molar refractivity (Wildman–Crippen MR) is 79.9 cm³/mol. The zero-order valence-corrected chi connectivity index (χ0v) is 13.5. The number of rotatable bonds is 4. The van der Waals surface area contributed by atoms with Crippen LogP contribution in [-0.4, -0.2) is 38.4 Å². The number of morpholine rings is 1. The summed E-state index contributed by atoms with van der Waals surface area (Å²) in [5.74, 6) is 0.983. The van der Waals surface area contributed by atoms with Crippen LogP contribution in [0, 0.1) is 6.92 Å². The molecule has 0 saturated carbocycles. The highest BCUT2D eigenvalue weighted by molar-refractivity contribution is 9.10. The molecule has 19 heavy (non-hydrogen) atoms. The quantitative estimate of drug-likeness (QED) is 0.911. The summed E-state index contributed by atoms with van der Waals surface area (Å²) in [6.07, 6.45) is 0.710. The van der Waals surface area contributed by atoms with Gasteiger partial charge in [-0.2, -0.15) is 0 Å². The first-order valence-electron chi connectivity index (χ1n) is 6.92. The zero-order chi connectivity index (χ0) is 13.8. The van der Waals surface area contributed by atoms with Crippen molar-refractivity contribution < 1.29 is 14.4 Å². The summed E-state index contributed by atoms with van der Waals surface area (Å²) in [4.78, 5) is 1.57. The Morgan fingerprint density at radius 2 is 2.00 bits per heavy atom. The molecule has 1 N–H and O–H groups in total. The lowest BCUT2D eigenvalue weighted by molar-refractivity contribution is -0.915. The van der Waals surface area contributed by atoms with Gasteiger partial charge in [-0.3, -0.25) is 0 Å². The number of hydrogen-bond acceptors (Lipinski definition) is 2. The van der Waals surface area contributed by atoms with Crippen LogP contribution in [0.5, 0.6) is 5.75 Å². The van der Waals surface area contributed by atoms with Gasteiger partial charge in [-0.05, 0) is 44.5 Å². The van der Waals surface area contributed by atoms with E-state index in [-0.39, 0.29) is 0 Å². The van der Waals surface area contributed by atoms with Crippen molar-refractivity contribution in [3.63, 3.8) is 0 Å². The van der Waals surface area contributed by atoms with Gasteiger partial charge >= 0.3 is 0 Å². The third-order valence-electron chi connectivity index (χ3n) is 3.47. The highest BCUT2D eigenvalue weighted by atomic mass is 79.9. The fraction of sp³-hybridized carbons (Fsp3) is 0.600. The minimum Gasteiger partial charge on any atom is -0.487 e. The zero-order valence-electron chi connectivity index (χ0n) is 11.9. The molecule has 3 nitrogen and oxygen atoms in total. The van der Waals surface area contributed by atoms with Gasteiger partial charge in [-0.1, -0.05) is 15.9 Å². The lowest BCUT2D eigenvalue weighted by Crippen LogP contribution is -3.16. The van der Waals surface area contributed by atoms with Crippen LogP contribution in [0.25, 0.3) is 0 Å². The first-order valence-corrected chi connectivity index (χ1v) is 7.72. The standard InChI is InChI=1S/C15H22BrNO2/c1-11-8-14(16)4-5-15(11)18-7-6-17-9-12(2)19-13(3)10-17/h4-5,8,12-13H,6-7,9-10H2,1-3H3/p+1/t12-,13-/m1/s1. The lowest BCUT2D eigenvalue weighted by atomic mass is 10.2. The van der Waals surface area contributed by atoms with Crippen molar-refractivity contribution in [3.8, 4) is 5.75 Å². The Morgan fingerprint density at radius 1 is 1.32 bits per heavy atom. The summed E-state index contributed by atoms with van der Waals surface area (Å²) >= 11 is 3.47. The van der Waals surface area contributed by atoms with E-state index in [0.29, 0.717) is 12.2 Å². The molecular formula is C15H23BrNO2+. The second kappa shape index (κ2) is 6.73. The van der Waals surface area contributed by atoms with Crippen molar-refractivity contribution >= 4 is 15.9 Å². The molecule has 1 aliphatic rings. The number of ether oxygens (including phenoxy) is 2. The maximum Gasteiger partial charge on any atom is 0.137 e. The number of benzene rings is 1. The van der Waals surface area contributed by atoms with Crippen LogP contribution in [0.2, 0.25) is 0 Å². The van der Waals surface area contributed by atoms with E-state index >= 15 is 0 Å². The molecule has 0 aliphatic carbocycles. The second-order valence-corrected chi connectivity index (χ2v) is 6.34. The Balaban J connectivity index is 1.80. The van der Waals surface area contributed by atoms with Crippen molar-refractivity contribution in [1.29, 1.82) is 0 Å². The molecule has 0 radical (unpaired) electrons. The molecular weight excluding hydrogens is 306 g/mol. The molecule has 106 valence electrons. The molecule has 0 amide bonds. The predicted octanol–water partition coefficient (Wildman–Crippen LogP) is 1.83. The second-order valence-electron chi connectivity index (χ2n) is 5.42. The molecule has 1 fully saturated rings. The molecule has 0 bridgehead atoms. The topological polar surface area (TPSA) is 22.9 Å². The average Bonchev–Trinajstić information content (AvgIpc) is 2.30. The van der Waals surface area contributed by atoms with Crippen LogP contribution in [0.15, 0.2) is 22.7 Å². The summed E-state index contributed by atoms with van der Waals surface area (Å²) < 4.78 is 12.7. The van der Waals surface area contributed by atoms with Crippen LogP contribution in [0.1, 0.15) is 19.4 Å². The SMILES string of the molecule is Cc1cc(Br)ccc1OCC[NH+]1C[C@@H](C)O[C@H](C)C1. The van der Waals surface area contributed by atoms with E-state index in [1.807, 2.05) is 12.1 Å². The summed E-state index contributed by atoms with van der Waals surface area (Å²) in [7, 11) is 0. The Labute approximate surface area is 124 Å². The van der Waals surface area contributed by atoms with Crippen molar-refractivity contribution in [1.82, 2.24) is 0 Å². The molecule has 2 atom stereocenters. The Bertz CT molecular complexity index is 415. The van der Waals surface area contributed by atoms with Gasteiger partial charge in [0.2, 0.25) is 0 Å².